The summed E-state index contributed by atoms with van der Waals surface area (Å²) in [6.45, 7) is 5.65. The number of rotatable bonds is 2. The highest BCUT2D eigenvalue weighted by Gasteiger charge is 2.27. The minimum Gasteiger partial charge on any atom is -0.367 e. The molecule has 1 aliphatic rings. The van der Waals surface area contributed by atoms with E-state index in [1.807, 2.05) is 19.1 Å². The van der Waals surface area contributed by atoms with Gasteiger partial charge in [0.25, 0.3) is 0 Å². The average Bonchev–Trinajstić information content (AvgIpc) is 3.17. The van der Waals surface area contributed by atoms with E-state index in [4.69, 9.17) is 4.74 Å². The molecule has 7 heteroatoms. The van der Waals surface area contributed by atoms with Crippen molar-refractivity contribution in [3.8, 4) is 0 Å². The van der Waals surface area contributed by atoms with Gasteiger partial charge in [-0.3, -0.25) is 0 Å². The van der Waals surface area contributed by atoms with Gasteiger partial charge in [-0.15, -0.1) is 15.3 Å². The minimum absolute atomic E-state index is 0.0921. The Balaban J connectivity index is 1.66. The van der Waals surface area contributed by atoms with Crippen molar-refractivity contribution in [2.45, 2.75) is 26.1 Å². The lowest BCUT2D eigenvalue weighted by atomic mass is 10.1. The first-order valence-corrected chi connectivity index (χ1v) is 8.26. The SMILES string of the molecule is Cc1nnc2ccc(N3C[C@@H](C)O[C@H](c4ccsc4)C3)nn12. The highest BCUT2D eigenvalue weighted by molar-refractivity contribution is 7.07. The van der Waals surface area contributed by atoms with Crippen LogP contribution in [0.5, 0.6) is 0 Å². The van der Waals surface area contributed by atoms with Crippen molar-refractivity contribution in [1.82, 2.24) is 19.8 Å². The molecule has 1 aliphatic heterocycles. The van der Waals surface area contributed by atoms with Crippen LogP contribution in [0.15, 0.2) is 29.0 Å². The predicted molar refractivity (Wildman–Crippen MR) is 85.3 cm³/mol. The Bertz CT molecular complexity index is 784. The first-order valence-electron chi connectivity index (χ1n) is 7.32. The highest BCUT2D eigenvalue weighted by Crippen LogP contribution is 2.29. The Labute approximate surface area is 132 Å². The molecule has 3 aromatic heterocycles. The van der Waals surface area contributed by atoms with Crippen molar-refractivity contribution in [2.75, 3.05) is 18.0 Å². The molecule has 1 fully saturated rings. The summed E-state index contributed by atoms with van der Waals surface area (Å²) in [4.78, 5) is 2.27. The maximum absolute atomic E-state index is 6.08. The van der Waals surface area contributed by atoms with E-state index in [1.165, 1.54) is 5.56 Å². The van der Waals surface area contributed by atoms with Crippen molar-refractivity contribution in [3.05, 3.63) is 40.3 Å². The highest BCUT2D eigenvalue weighted by atomic mass is 32.1. The third kappa shape index (κ3) is 2.36. The van der Waals surface area contributed by atoms with Crippen molar-refractivity contribution in [2.24, 2.45) is 0 Å². The van der Waals surface area contributed by atoms with Crippen molar-refractivity contribution in [3.63, 3.8) is 0 Å². The van der Waals surface area contributed by atoms with Crippen molar-refractivity contribution < 1.29 is 4.74 Å². The fraction of sp³-hybridized carbons (Fsp3) is 0.400. The maximum Gasteiger partial charge on any atom is 0.178 e. The van der Waals surface area contributed by atoms with Gasteiger partial charge < -0.3 is 9.64 Å². The second-order valence-corrected chi connectivity index (χ2v) is 6.39. The third-order valence-corrected chi connectivity index (χ3v) is 4.61. The molecule has 0 radical (unpaired) electrons. The molecule has 6 nitrogen and oxygen atoms in total. The summed E-state index contributed by atoms with van der Waals surface area (Å²) < 4.78 is 7.87. The number of ether oxygens (including phenoxy) is 1. The molecule has 0 N–H and O–H groups in total. The molecule has 4 rings (SSSR count). The molecule has 0 amide bonds. The number of aromatic nitrogens is 4. The number of fused-ring (bicyclic) bond motifs is 1. The van der Waals surface area contributed by atoms with Crippen LogP contribution in [0.2, 0.25) is 0 Å². The van der Waals surface area contributed by atoms with E-state index in [2.05, 4.69) is 43.9 Å². The molecule has 0 aliphatic carbocycles. The smallest absolute Gasteiger partial charge is 0.178 e. The van der Waals surface area contributed by atoms with Crippen LogP contribution < -0.4 is 4.90 Å². The molecule has 0 aromatic carbocycles. The van der Waals surface area contributed by atoms with Gasteiger partial charge in [-0.25, -0.2) is 0 Å². The van der Waals surface area contributed by atoms with E-state index in [9.17, 15) is 0 Å². The first kappa shape index (κ1) is 13.7. The second kappa shape index (κ2) is 5.33. The number of hydrogen-bond acceptors (Lipinski definition) is 6. The van der Waals surface area contributed by atoms with Gasteiger partial charge in [-0.2, -0.15) is 15.9 Å². The van der Waals surface area contributed by atoms with Gasteiger partial charge in [-0.1, -0.05) is 0 Å². The van der Waals surface area contributed by atoms with E-state index >= 15 is 0 Å². The summed E-state index contributed by atoms with van der Waals surface area (Å²) in [5.74, 6) is 1.73. The van der Waals surface area contributed by atoms with Crippen LogP contribution in [-0.4, -0.2) is 39.0 Å². The van der Waals surface area contributed by atoms with Gasteiger partial charge in [0.15, 0.2) is 11.5 Å². The summed E-state index contributed by atoms with van der Waals surface area (Å²) in [7, 11) is 0. The maximum atomic E-state index is 6.08. The zero-order chi connectivity index (χ0) is 15.1. The average molecular weight is 315 g/mol. The molecule has 0 saturated carbocycles. The summed E-state index contributed by atoms with van der Waals surface area (Å²) in [5, 5.41) is 17.1. The van der Waals surface area contributed by atoms with Gasteiger partial charge in [0.05, 0.1) is 6.10 Å². The van der Waals surface area contributed by atoms with Gasteiger partial charge in [0.1, 0.15) is 11.9 Å². The fourth-order valence-corrected chi connectivity index (χ4v) is 3.54. The molecule has 2 atom stereocenters. The Morgan fingerprint density at radius 2 is 2.14 bits per heavy atom. The second-order valence-electron chi connectivity index (χ2n) is 5.61. The van der Waals surface area contributed by atoms with E-state index in [0.29, 0.717) is 0 Å². The zero-order valence-electron chi connectivity index (χ0n) is 12.5. The van der Waals surface area contributed by atoms with Crippen LogP contribution in [0.1, 0.15) is 24.4 Å². The monoisotopic (exact) mass is 315 g/mol. The molecule has 0 spiro atoms. The number of hydrogen-bond donors (Lipinski definition) is 0. The summed E-state index contributed by atoms with van der Waals surface area (Å²) in [6.07, 6.45) is 0.257. The molecule has 4 heterocycles. The molecule has 0 unspecified atom stereocenters. The van der Waals surface area contributed by atoms with E-state index in [1.54, 1.807) is 15.9 Å². The van der Waals surface area contributed by atoms with Crippen LogP contribution >= 0.6 is 11.3 Å². The summed E-state index contributed by atoms with van der Waals surface area (Å²) in [5.41, 5.74) is 2.01. The number of nitrogens with zero attached hydrogens (tertiary/aromatic N) is 5. The largest absolute Gasteiger partial charge is 0.367 e. The number of anilines is 1. The lowest BCUT2D eigenvalue weighted by molar-refractivity contribution is -0.0174. The van der Waals surface area contributed by atoms with Gasteiger partial charge in [-0.05, 0) is 48.4 Å². The molecule has 0 bridgehead atoms. The van der Waals surface area contributed by atoms with Gasteiger partial charge in [0.2, 0.25) is 0 Å². The van der Waals surface area contributed by atoms with E-state index in [-0.39, 0.29) is 12.2 Å². The number of morpholine rings is 1. The number of thiophene rings is 1. The van der Waals surface area contributed by atoms with Gasteiger partial charge >= 0.3 is 0 Å². The Hall–Kier alpha value is -1.99. The van der Waals surface area contributed by atoms with E-state index in [0.717, 1.165) is 30.4 Å². The Kier molecular flexibility index (Phi) is 3.31. The van der Waals surface area contributed by atoms with Crippen LogP contribution in [0.4, 0.5) is 5.82 Å². The fourth-order valence-electron chi connectivity index (χ4n) is 2.84. The standard InChI is InChI=1S/C15H17N5OS/c1-10-7-19(8-13(21-10)12-5-6-22-9-12)15-4-3-14-17-16-11(2)20(14)18-15/h3-6,9-10,13H,7-8H2,1-2H3/t10-,13+/m1/s1. The van der Waals surface area contributed by atoms with E-state index < -0.39 is 0 Å². The molecular weight excluding hydrogens is 298 g/mol. The Morgan fingerprint density at radius 1 is 1.23 bits per heavy atom. The first-order chi connectivity index (χ1) is 10.7. The van der Waals surface area contributed by atoms with Crippen molar-refractivity contribution in [1.29, 1.82) is 0 Å². The van der Waals surface area contributed by atoms with Crippen LogP contribution in [0, 0.1) is 6.92 Å². The van der Waals surface area contributed by atoms with Crippen molar-refractivity contribution >= 4 is 22.8 Å². The molecule has 3 aromatic rings. The predicted octanol–water partition coefficient (Wildman–Crippen LogP) is 2.46. The van der Waals surface area contributed by atoms with Gasteiger partial charge in [0, 0.05) is 13.1 Å². The minimum atomic E-state index is 0.0921. The number of aryl methyl sites for hydroxylation is 1. The molecule has 114 valence electrons. The van der Waals surface area contributed by atoms with Crippen LogP contribution in [0.3, 0.4) is 0 Å². The molecule has 22 heavy (non-hydrogen) atoms. The molecular formula is C15H17N5OS. The third-order valence-electron chi connectivity index (χ3n) is 3.90. The van der Waals surface area contributed by atoms with Crippen LogP contribution in [-0.2, 0) is 4.74 Å². The molecule has 1 saturated heterocycles. The topological polar surface area (TPSA) is 55.5 Å². The lowest BCUT2D eigenvalue weighted by Crippen LogP contribution is -2.43. The zero-order valence-corrected chi connectivity index (χ0v) is 13.3. The normalized spacial score (nSPS) is 22.4. The van der Waals surface area contributed by atoms with Crippen LogP contribution in [0.25, 0.3) is 5.65 Å². The summed E-state index contributed by atoms with van der Waals surface area (Å²) >= 11 is 1.70. The summed E-state index contributed by atoms with van der Waals surface area (Å²) in [6, 6.07) is 6.10. The quantitative estimate of drug-likeness (QED) is 0.727. The Morgan fingerprint density at radius 3 is 2.95 bits per heavy atom. The lowest BCUT2D eigenvalue weighted by Gasteiger charge is -2.37.